The molecule has 1 aliphatic heterocycles. The van der Waals surface area contributed by atoms with E-state index in [1.54, 1.807) is 0 Å². The van der Waals surface area contributed by atoms with Crippen LogP contribution in [0, 0.1) is 0 Å². The Bertz CT molecular complexity index is 1770. The van der Waals surface area contributed by atoms with Gasteiger partial charge in [0.2, 0.25) is 0 Å². The molecule has 0 spiro atoms. The van der Waals surface area contributed by atoms with Crippen molar-refractivity contribution in [2.75, 3.05) is 4.90 Å². The molecule has 1 nitrogen and oxygen atoms in total. The van der Waals surface area contributed by atoms with E-state index in [1.807, 2.05) is 0 Å². The zero-order valence-electron chi connectivity index (χ0n) is 20.6. The van der Waals surface area contributed by atoms with Gasteiger partial charge >= 0.3 is 0 Å². The minimum atomic E-state index is -1.91. The third-order valence-electron chi connectivity index (χ3n) is 7.82. The molecule has 0 atom stereocenters. The molecule has 0 amide bonds. The summed E-state index contributed by atoms with van der Waals surface area (Å²) in [7, 11) is -1.91. The average molecular weight is 478 g/mol. The van der Waals surface area contributed by atoms with Gasteiger partial charge in [-0.3, -0.25) is 0 Å². The van der Waals surface area contributed by atoms with E-state index < -0.39 is 8.07 Å². The zero-order chi connectivity index (χ0) is 24.3. The molecule has 2 heteroatoms. The second-order valence-electron chi connectivity index (χ2n) is 10.3. The van der Waals surface area contributed by atoms with Crippen molar-refractivity contribution < 1.29 is 0 Å². The normalized spacial score (nSPS) is 14.0. The molecule has 0 fully saturated rings. The molecule has 7 rings (SSSR count). The van der Waals surface area contributed by atoms with Gasteiger partial charge in [0.1, 0.15) is 8.07 Å². The van der Waals surface area contributed by atoms with Gasteiger partial charge in [-0.2, -0.15) is 0 Å². The molecule has 172 valence electrons. The predicted molar refractivity (Wildman–Crippen MR) is 158 cm³/mol. The standard InChI is InChI=1S/C34H27NSi/c1-36(2)33-15-9-8-14-31(33)35(32-21-19-27(22-34(32)36)24-10-4-3-5-11-24)28-20-18-26-17-16-25-12-6-7-13-29(25)30(26)23-28/h3-23H,1-2H3. The number of fused-ring (bicyclic) bond motifs is 5. The summed E-state index contributed by atoms with van der Waals surface area (Å²) in [5.74, 6) is 0. The van der Waals surface area contributed by atoms with Gasteiger partial charge in [0.25, 0.3) is 0 Å². The number of anilines is 3. The Labute approximate surface area is 213 Å². The van der Waals surface area contributed by atoms with E-state index in [9.17, 15) is 0 Å². The third-order valence-corrected chi connectivity index (χ3v) is 11.3. The maximum atomic E-state index is 2.49. The summed E-state index contributed by atoms with van der Waals surface area (Å²) in [5, 5.41) is 8.13. The summed E-state index contributed by atoms with van der Waals surface area (Å²) in [4.78, 5) is 2.49. The fourth-order valence-corrected chi connectivity index (χ4v) is 8.91. The molecule has 0 aliphatic carbocycles. The fourth-order valence-electron chi connectivity index (χ4n) is 5.92. The minimum absolute atomic E-state index is 1.21. The zero-order valence-corrected chi connectivity index (χ0v) is 21.6. The molecular weight excluding hydrogens is 450 g/mol. The van der Waals surface area contributed by atoms with Crippen molar-refractivity contribution in [2.24, 2.45) is 0 Å². The molecule has 0 saturated carbocycles. The Hall–Kier alpha value is -4.14. The maximum absolute atomic E-state index is 2.49. The van der Waals surface area contributed by atoms with Crippen molar-refractivity contribution in [2.45, 2.75) is 13.1 Å². The van der Waals surface area contributed by atoms with Crippen LogP contribution in [0.25, 0.3) is 32.7 Å². The predicted octanol–water partition coefficient (Wildman–Crippen LogP) is 8.27. The van der Waals surface area contributed by atoms with E-state index in [2.05, 4.69) is 145 Å². The van der Waals surface area contributed by atoms with Gasteiger partial charge in [-0.05, 0) is 67.3 Å². The fraction of sp³-hybridized carbons (Fsp3) is 0.0588. The van der Waals surface area contributed by atoms with Crippen molar-refractivity contribution in [3.8, 4) is 11.1 Å². The van der Waals surface area contributed by atoms with Gasteiger partial charge in [-0.15, -0.1) is 0 Å². The molecule has 0 bridgehead atoms. The van der Waals surface area contributed by atoms with Gasteiger partial charge in [0.15, 0.2) is 0 Å². The largest absolute Gasteiger partial charge is 0.311 e. The minimum Gasteiger partial charge on any atom is -0.311 e. The second kappa shape index (κ2) is 7.94. The summed E-state index contributed by atoms with van der Waals surface area (Å²) in [6.45, 7) is 4.98. The van der Waals surface area contributed by atoms with Crippen molar-refractivity contribution in [1.82, 2.24) is 0 Å². The number of rotatable bonds is 2. The highest BCUT2D eigenvalue weighted by atomic mass is 28.3. The first-order chi connectivity index (χ1) is 17.6. The number of hydrogen-bond donors (Lipinski definition) is 0. The van der Waals surface area contributed by atoms with Gasteiger partial charge in [0.05, 0.1) is 0 Å². The lowest BCUT2D eigenvalue weighted by atomic mass is 10.0. The molecular formula is C34H27NSi. The molecule has 0 unspecified atom stereocenters. The van der Waals surface area contributed by atoms with Crippen LogP contribution >= 0.6 is 0 Å². The Morgan fingerprint density at radius 1 is 0.472 bits per heavy atom. The highest BCUT2D eigenvalue weighted by Crippen LogP contribution is 2.41. The van der Waals surface area contributed by atoms with Gasteiger partial charge in [-0.1, -0.05) is 116 Å². The van der Waals surface area contributed by atoms with Crippen LogP contribution in [-0.4, -0.2) is 8.07 Å². The Morgan fingerprint density at radius 3 is 2.00 bits per heavy atom. The van der Waals surface area contributed by atoms with Crippen LogP contribution in [0.5, 0.6) is 0 Å². The maximum Gasteiger partial charge on any atom is 0.117 e. The van der Waals surface area contributed by atoms with Gasteiger partial charge in [0, 0.05) is 17.1 Å². The third kappa shape index (κ3) is 3.15. The molecule has 1 aliphatic rings. The topological polar surface area (TPSA) is 3.24 Å². The number of nitrogens with zero attached hydrogens (tertiary/aromatic N) is 1. The number of hydrogen-bond acceptors (Lipinski definition) is 1. The van der Waals surface area contributed by atoms with Crippen molar-refractivity contribution >= 4 is 57.1 Å². The molecule has 6 aromatic rings. The molecule has 36 heavy (non-hydrogen) atoms. The summed E-state index contributed by atoms with van der Waals surface area (Å²) in [6.07, 6.45) is 0. The Morgan fingerprint density at radius 2 is 1.14 bits per heavy atom. The van der Waals surface area contributed by atoms with Crippen molar-refractivity contribution in [3.05, 3.63) is 127 Å². The van der Waals surface area contributed by atoms with E-state index in [0.717, 1.165) is 0 Å². The smallest absolute Gasteiger partial charge is 0.117 e. The van der Waals surface area contributed by atoms with Crippen LogP contribution in [0.3, 0.4) is 0 Å². The molecule has 1 heterocycles. The quantitative estimate of drug-likeness (QED) is 0.179. The van der Waals surface area contributed by atoms with Crippen LogP contribution in [0.4, 0.5) is 17.1 Å². The monoisotopic (exact) mass is 477 g/mol. The highest BCUT2D eigenvalue weighted by Gasteiger charge is 2.38. The summed E-state index contributed by atoms with van der Waals surface area (Å²) < 4.78 is 0. The lowest BCUT2D eigenvalue weighted by molar-refractivity contribution is 1.29. The lowest BCUT2D eigenvalue weighted by Gasteiger charge is -2.41. The summed E-state index contributed by atoms with van der Waals surface area (Å²) in [5.41, 5.74) is 6.40. The SMILES string of the molecule is C[Si]1(C)c2ccccc2N(c2ccc3ccc4ccccc4c3c2)c2ccc(-c3ccccc3)cc21. The molecule has 6 aromatic carbocycles. The lowest BCUT2D eigenvalue weighted by Crippen LogP contribution is -2.58. The molecule has 0 radical (unpaired) electrons. The first-order valence-corrected chi connectivity index (χ1v) is 15.6. The van der Waals surface area contributed by atoms with Crippen LogP contribution in [0.2, 0.25) is 13.1 Å². The Balaban J connectivity index is 1.49. The summed E-state index contributed by atoms with van der Waals surface area (Å²) >= 11 is 0. The van der Waals surface area contributed by atoms with Crippen LogP contribution in [-0.2, 0) is 0 Å². The average Bonchev–Trinajstić information content (AvgIpc) is 2.93. The van der Waals surface area contributed by atoms with Crippen LogP contribution in [0.1, 0.15) is 0 Å². The number of benzene rings is 6. The second-order valence-corrected chi connectivity index (χ2v) is 14.6. The molecule has 0 aromatic heterocycles. The van der Waals surface area contributed by atoms with Gasteiger partial charge < -0.3 is 4.90 Å². The van der Waals surface area contributed by atoms with Crippen molar-refractivity contribution in [3.63, 3.8) is 0 Å². The molecule has 0 saturated heterocycles. The van der Waals surface area contributed by atoms with E-state index in [1.165, 1.54) is 60.1 Å². The van der Waals surface area contributed by atoms with E-state index in [-0.39, 0.29) is 0 Å². The van der Waals surface area contributed by atoms with Crippen molar-refractivity contribution in [1.29, 1.82) is 0 Å². The van der Waals surface area contributed by atoms with Crippen LogP contribution < -0.4 is 15.3 Å². The van der Waals surface area contributed by atoms with E-state index in [4.69, 9.17) is 0 Å². The first kappa shape index (κ1) is 21.2. The molecule has 0 N–H and O–H groups in total. The number of para-hydroxylation sites is 1. The Kier molecular flexibility index (Phi) is 4.67. The van der Waals surface area contributed by atoms with E-state index >= 15 is 0 Å². The summed E-state index contributed by atoms with van der Waals surface area (Å²) in [6, 6.07) is 46.9. The highest BCUT2D eigenvalue weighted by molar-refractivity contribution is 7.02. The van der Waals surface area contributed by atoms with E-state index in [0.29, 0.717) is 0 Å². The first-order valence-electron chi connectivity index (χ1n) is 12.6. The van der Waals surface area contributed by atoms with Gasteiger partial charge in [-0.25, -0.2) is 0 Å². The van der Waals surface area contributed by atoms with Crippen LogP contribution in [0.15, 0.2) is 127 Å².